The van der Waals surface area contributed by atoms with Gasteiger partial charge in [-0.15, -0.1) is 10.2 Å². The first-order valence-corrected chi connectivity index (χ1v) is 11.0. The largest absolute Gasteiger partial charge is 0.421 e. The molecule has 0 saturated carbocycles. The molecule has 0 aliphatic heterocycles. The molecule has 3 rings (SSSR count). The second-order valence-corrected chi connectivity index (χ2v) is 9.11. The second kappa shape index (κ2) is 10.1. The molecule has 1 aliphatic rings. The third-order valence-electron chi connectivity index (χ3n) is 5.99. The molecule has 7 heteroatoms. The first-order chi connectivity index (χ1) is 14.7. The van der Waals surface area contributed by atoms with Crippen molar-refractivity contribution in [1.29, 1.82) is 0 Å². The van der Waals surface area contributed by atoms with E-state index < -0.39 is 0 Å². The van der Waals surface area contributed by atoms with E-state index in [0.29, 0.717) is 36.3 Å². The van der Waals surface area contributed by atoms with E-state index in [4.69, 9.17) is 4.42 Å². The number of halogens is 1. The van der Waals surface area contributed by atoms with Crippen LogP contribution in [0.3, 0.4) is 0 Å². The van der Waals surface area contributed by atoms with Crippen molar-refractivity contribution in [1.82, 2.24) is 20.8 Å². The van der Waals surface area contributed by atoms with Crippen LogP contribution in [0, 0.1) is 29.5 Å². The van der Waals surface area contributed by atoms with Gasteiger partial charge in [0.15, 0.2) is 0 Å². The van der Waals surface area contributed by atoms with E-state index >= 15 is 0 Å². The van der Waals surface area contributed by atoms with Crippen molar-refractivity contribution in [2.24, 2.45) is 23.7 Å². The van der Waals surface area contributed by atoms with Crippen LogP contribution in [0.15, 0.2) is 40.3 Å². The number of carbonyl (C=O) groups is 1. The molecule has 3 atom stereocenters. The number of aromatic nitrogens is 2. The minimum Gasteiger partial charge on any atom is -0.421 e. The molecule has 0 spiro atoms. The van der Waals surface area contributed by atoms with Crippen LogP contribution in [0.4, 0.5) is 9.18 Å². The topological polar surface area (TPSA) is 80.0 Å². The number of amides is 2. The average Bonchev–Trinajstić information content (AvgIpc) is 3.16. The fourth-order valence-electron chi connectivity index (χ4n) is 4.32. The van der Waals surface area contributed by atoms with Crippen molar-refractivity contribution in [3.05, 3.63) is 47.6 Å². The van der Waals surface area contributed by atoms with E-state index in [1.165, 1.54) is 11.6 Å². The van der Waals surface area contributed by atoms with E-state index in [1.807, 2.05) is 13.8 Å². The van der Waals surface area contributed by atoms with Crippen LogP contribution in [-0.2, 0) is 6.42 Å². The Balaban J connectivity index is 1.69. The Morgan fingerprint density at radius 2 is 1.97 bits per heavy atom. The van der Waals surface area contributed by atoms with Crippen LogP contribution in [0.5, 0.6) is 0 Å². The Kier molecular flexibility index (Phi) is 7.46. The smallest absolute Gasteiger partial charge is 0.315 e. The molecule has 0 unspecified atom stereocenters. The van der Waals surface area contributed by atoms with Gasteiger partial charge in [-0.05, 0) is 63.0 Å². The van der Waals surface area contributed by atoms with E-state index in [9.17, 15) is 9.18 Å². The quantitative estimate of drug-likeness (QED) is 0.610. The van der Waals surface area contributed by atoms with Gasteiger partial charge < -0.3 is 15.1 Å². The molecule has 1 aliphatic carbocycles. The normalized spacial score (nSPS) is 21.3. The van der Waals surface area contributed by atoms with Crippen molar-refractivity contribution >= 4 is 6.03 Å². The molecule has 0 radical (unpaired) electrons. The monoisotopic (exact) mass is 428 g/mol. The highest BCUT2D eigenvalue weighted by Crippen LogP contribution is 2.38. The number of nitrogens with one attached hydrogen (secondary N) is 2. The molecule has 1 aromatic heterocycles. The Labute approximate surface area is 183 Å². The summed E-state index contributed by atoms with van der Waals surface area (Å²) in [5, 5.41) is 14.1. The first-order valence-electron chi connectivity index (χ1n) is 11.0. The number of rotatable bonds is 7. The zero-order valence-electron chi connectivity index (χ0n) is 19.0. The number of allylic oxidation sites excluding steroid dienone is 1. The molecule has 0 fully saturated rings. The predicted octanol–water partition coefficient (Wildman–Crippen LogP) is 4.98. The lowest BCUT2D eigenvalue weighted by Gasteiger charge is -2.37. The molecular weight excluding hydrogens is 395 g/mol. The van der Waals surface area contributed by atoms with Crippen LogP contribution >= 0.6 is 0 Å². The minimum atomic E-state index is -0.372. The van der Waals surface area contributed by atoms with E-state index in [-0.39, 0.29) is 35.6 Å². The number of hydrogen-bond acceptors (Lipinski definition) is 4. The number of urea groups is 1. The van der Waals surface area contributed by atoms with Crippen LogP contribution < -0.4 is 10.6 Å². The maximum Gasteiger partial charge on any atom is 0.315 e. The zero-order chi connectivity index (χ0) is 22.5. The van der Waals surface area contributed by atoms with Gasteiger partial charge in [0.1, 0.15) is 5.82 Å². The highest BCUT2D eigenvalue weighted by atomic mass is 19.1. The van der Waals surface area contributed by atoms with Crippen molar-refractivity contribution in [3.8, 4) is 11.5 Å². The molecule has 1 heterocycles. The predicted molar refractivity (Wildman–Crippen MR) is 119 cm³/mol. The molecule has 31 heavy (non-hydrogen) atoms. The lowest BCUT2D eigenvalue weighted by Crippen LogP contribution is -2.43. The van der Waals surface area contributed by atoms with Crippen LogP contribution in [-0.4, -0.2) is 28.8 Å². The van der Waals surface area contributed by atoms with Gasteiger partial charge >= 0.3 is 6.03 Å². The molecule has 2 aromatic rings. The molecule has 168 valence electrons. The van der Waals surface area contributed by atoms with Crippen LogP contribution in [0.25, 0.3) is 11.5 Å². The fourth-order valence-corrected chi connectivity index (χ4v) is 4.32. The minimum absolute atomic E-state index is 0.109. The van der Waals surface area contributed by atoms with Crippen molar-refractivity contribution in [3.63, 3.8) is 0 Å². The van der Waals surface area contributed by atoms with Gasteiger partial charge in [-0.1, -0.05) is 37.6 Å². The molecular formula is C24H33FN4O2. The zero-order valence-corrected chi connectivity index (χ0v) is 19.0. The Hall–Kier alpha value is -2.70. The van der Waals surface area contributed by atoms with Gasteiger partial charge in [-0.2, -0.15) is 0 Å². The highest BCUT2D eigenvalue weighted by molar-refractivity contribution is 5.74. The van der Waals surface area contributed by atoms with Gasteiger partial charge in [-0.25, -0.2) is 9.18 Å². The van der Waals surface area contributed by atoms with Crippen molar-refractivity contribution in [2.45, 2.75) is 53.5 Å². The molecule has 2 N–H and O–H groups in total. The number of carbonyl (C=O) groups excluding carboxylic acids is 1. The Bertz CT molecular complexity index is 922. The van der Waals surface area contributed by atoms with Gasteiger partial charge in [0.2, 0.25) is 5.89 Å². The average molecular weight is 429 g/mol. The maximum atomic E-state index is 14.0. The van der Waals surface area contributed by atoms with Gasteiger partial charge in [0, 0.05) is 19.0 Å². The van der Waals surface area contributed by atoms with Crippen molar-refractivity contribution in [2.75, 3.05) is 6.54 Å². The van der Waals surface area contributed by atoms with Gasteiger partial charge in [0.05, 0.1) is 5.56 Å². The summed E-state index contributed by atoms with van der Waals surface area (Å²) in [5.74, 6) is 1.83. The summed E-state index contributed by atoms with van der Waals surface area (Å²) >= 11 is 0. The summed E-state index contributed by atoms with van der Waals surface area (Å²) in [6, 6.07) is 6.39. The molecule has 6 nitrogen and oxygen atoms in total. The lowest BCUT2D eigenvalue weighted by molar-refractivity contribution is 0.210. The Morgan fingerprint density at radius 1 is 1.23 bits per heavy atom. The SMILES string of the molecule is CC1=C[C@@H](CNC(=O)NC(C)C)[C@H](C(C)C)C[C@H]1Cc1nnc(-c2ccccc2F)o1. The van der Waals surface area contributed by atoms with E-state index in [1.54, 1.807) is 18.2 Å². The molecule has 1 aromatic carbocycles. The molecule has 0 bridgehead atoms. The number of nitrogens with zero attached hydrogens (tertiary/aromatic N) is 2. The van der Waals surface area contributed by atoms with Crippen molar-refractivity contribution < 1.29 is 13.6 Å². The summed E-state index contributed by atoms with van der Waals surface area (Å²) in [6.07, 6.45) is 3.89. The third-order valence-corrected chi connectivity index (χ3v) is 5.99. The summed E-state index contributed by atoms with van der Waals surface area (Å²) in [6.45, 7) is 11.1. The van der Waals surface area contributed by atoms with Crippen LogP contribution in [0.1, 0.15) is 46.9 Å². The standard InChI is InChI=1S/C24H33FN4O2/c1-14(2)20-11-17(16(5)10-18(20)13-26-24(30)27-15(3)4)12-22-28-29-23(31-22)19-8-6-7-9-21(19)25/h6-10,14-15,17-18,20H,11-13H2,1-5H3,(H2,26,27,30)/t17-,18-,20-/m0/s1. The third kappa shape index (κ3) is 5.93. The van der Waals surface area contributed by atoms with Gasteiger partial charge in [0.25, 0.3) is 5.89 Å². The van der Waals surface area contributed by atoms with Gasteiger partial charge in [-0.3, -0.25) is 0 Å². The van der Waals surface area contributed by atoms with E-state index in [2.05, 4.69) is 47.7 Å². The lowest BCUT2D eigenvalue weighted by atomic mass is 9.70. The molecule has 0 saturated heterocycles. The summed E-state index contributed by atoms with van der Waals surface area (Å²) in [4.78, 5) is 12.0. The number of benzene rings is 1. The maximum absolute atomic E-state index is 14.0. The summed E-state index contributed by atoms with van der Waals surface area (Å²) in [5.41, 5.74) is 1.58. The second-order valence-electron chi connectivity index (χ2n) is 9.11. The summed E-state index contributed by atoms with van der Waals surface area (Å²) in [7, 11) is 0. The Morgan fingerprint density at radius 3 is 2.65 bits per heavy atom. The highest BCUT2D eigenvalue weighted by Gasteiger charge is 2.32. The number of hydrogen-bond donors (Lipinski definition) is 2. The first kappa shape index (κ1) is 23.0. The fraction of sp³-hybridized carbons (Fsp3) is 0.542. The van der Waals surface area contributed by atoms with E-state index in [0.717, 1.165) is 6.42 Å². The van der Waals surface area contributed by atoms with Crippen LogP contribution in [0.2, 0.25) is 0 Å². The summed E-state index contributed by atoms with van der Waals surface area (Å²) < 4.78 is 19.8. The molecule has 2 amide bonds.